The molecule has 1 aliphatic heterocycles. The van der Waals surface area contributed by atoms with Crippen molar-refractivity contribution < 1.29 is 9.18 Å². The minimum absolute atomic E-state index is 0.0287. The van der Waals surface area contributed by atoms with Crippen molar-refractivity contribution in [2.45, 2.75) is 13.8 Å². The molecule has 2 aromatic carbocycles. The molecule has 1 saturated heterocycles. The van der Waals surface area contributed by atoms with E-state index < -0.39 is 5.82 Å². The van der Waals surface area contributed by atoms with E-state index in [1.807, 2.05) is 0 Å². The highest BCUT2D eigenvalue weighted by Crippen LogP contribution is 2.24. The van der Waals surface area contributed by atoms with Gasteiger partial charge < -0.3 is 9.80 Å². The molecule has 0 radical (unpaired) electrons. The summed E-state index contributed by atoms with van der Waals surface area (Å²) in [4.78, 5) is 16.5. The third-order valence-electron chi connectivity index (χ3n) is 4.32. The van der Waals surface area contributed by atoms with Crippen LogP contribution in [0.3, 0.4) is 0 Å². The molecule has 0 N–H and O–H groups in total. The summed E-state index contributed by atoms with van der Waals surface area (Å²) in [6, 6.07) is 10.8. The second-order valence-corrected chi connectivity index (χ2v) is 6.63. The average molecular weight is 347 g/mol. The SMILES string of the molecule is Cc1cc(C)cc(N2CCN(C(=O)c3c(F)cccc3Cl)CC2)c1. The number of carbonyl (C=O) groups excluding carboxylic acids is 1. The van der Waals surface area contributed by atoms with Gasteiger partial charge >= 0.3 is 0 Å². The lowest BCUT2D eigenvalue weighted by atomic mass is 10.1. The molecule has 0 bridgehead atoms. The maximum absolute atomic E-state index is 13.9. The fourth-order valence-corrected chi connectivity index (χ4v) is 3.41. The van der Waals surface area contributed by atoms with Crippen LogP contribution in [-0.4, -0.2) is 37.0 Å². The first-order valence-electron chi connectivity index (χ1n) is 8.02. The smallest absolute Gasteiger partial charge is 0.258 e. The molecule has 1 fully saturated rings. The van der Waals surface area contributed by atoms with Crippen LogP contribution in [0, 0.1) is 19.7 Å². The van der Waals surface area contributed by atoms with E-state index in [9.17, 15) is 9.18 Å². The molecule has 5 heteroatoms. The lowest BCUT2D eigenvalue weighted by Crippen LogP contribution is -2.49. The number of rotatable bonds is 2. The van der Waals surface area contributed by atoms with Crippen LogP contribution in [0.25, 0.3) is 0 Å². The van der Waals surface area contributed by atoms with Crippen molar-refractivity contribution in [1.29, 1.82) is 0 Å². The number of hydrogen-bond donors (Lipinski definition) is 0. The van der Waals surface area contributed by atoms with Crippen LogP contribution in [-0.2, 0) is 0 Å². The predicted octanol–water partition coefficient (Wildman–Crippen LogP) is 4.06. The zero-order valence-corrected chi connectivity index (χ0v) is 14.6. The Labute approximate surface area is 146 Å². The number of aryl methyl sites for hydroxylation is 2. The van der Waals surface area contributed by atoms with E-state index in [2.05, 4.69) is 36.9 Å². The second kappa shape index (κ2) is 6.81. The van der Waals surface area contributed by atoms with E-state index in [1.54, 1.807) is 11.0 Å². The fraction of sp³-hybridized carbons (Fsp3) is 0.316. The zero-order valence-electron chi connectivity index (χ0n) is 13.9. The Morgan fingerprint density at radius 1 is 1.04 bits per heavy atom. The van der Waals surface area contributed by atoms with E-state index in [-0.39, 0.29) is 16.5 Å². The first-order chi connectivity index (χ1) is 11.5. The van der Waals surface area contributed by atoms with Crippen molar-refractivity contribution in [1.82, 2.24) is 4.90 Å². The Morgan fingerprint density at radius 2 is 1.67 bits per heavy atom. The van der Waals surface area contributed by atoms with Gasteiger partial charge in [-0.25, -0.2) is 4.39 Å². The largest absolute Gasteiger partial charge is 0.368 e. The van der Waals surface area contributed by atoms with Crippen molar-refractivity contribution in [3.8, 4) is 0 Å². The van der Waals surface area contributed by atoms with Crippen LogP contribution in [0.2, 0.25) is 5.02 Å². The van der Waals surface area contributed by atoms with Gasteiger partial charge in [-0.3, -0.25) is 4.79 Å². The Balaban J connectivity index is 1.72. The van der Waals surface area contributed by atoms with Crippen LogP contribution in [0.5, 0.6) is 0 Å². The highest BCUT2D eigenvalue weighted by Gasteiger charge is 2.26. The molecule has 0 unspecified atom stereocenters. The molecule has 1 amide bonds. The summed E-state index contributed by atoms with van der Waals surface area (Å²) in [5.41, 5.74) is 3.59. The fourth-order valence-electron chi connectivity index (χ4n) is 3.16. The van der Waals surface area contributed by atoms with Gasteiger partial charge in [-0.05, 0) is 49.2 Å². The molecule has 0 spiro atoms. The number of hydrogen-bond acceptors (Lipinski definition) is 2. The van der Waals surface area contributed by atoms with Crippen LogP contribution >= 0.6 is 11.6 Å². The topological polar surface area (TPSA) is 23.6 Å². The third-order valence-corrected chi connectivity index (χ3v) is 4.63. The normalized spacial score (nSPS) is 14.8. The van der Waals surface area contributed by atoms with Gasteiger partial charge in [0.1, 0.15) is 5.82 Å². The second-order valence-electron chi connectivity index (χ2n) is 6.22. The molecule has 0 saturated carbocycles. The predicted molar refractivity (Wildman–Crippen MR) is 95.4 cm³/mol. The van der Waals surface area contributed by atoms with Gasteiger partial charge in [0.05, 0.1) is 10.6 Å². The van der Waals surface area contributed by atoms with Gasteiger partial charge in [-0.2, -0.15) is 0 Å². The van der Waals surface area contributed by atoms with Crippen molar-refractivity contribution >= 4 is 23.2 Å². The maximum Gasteiger partial charge on any atom is 0.258 e. The molecule has 3 nitrogen and oxygen atoms in total. The summed E-state index contributed by atoms with van der Waals surface area (Å²) in [5.74, 6) is -0.901. The van der Waals surface area contributed by atoms with Crippen LogP contribution < -0.4 is 4.90 Å². The van der Waals surface area contributed by atoms with Crippen molar-refractivity contribution in [3.05, 3.63) is 63.9 Å². The zero-order chi connectivity index (χ0) is 17.3. The molecule has 3 rings (SSSR count). The molecule has 1 aliphatic rings. The van der Waals surface area contributed by atoms with Gasteiger partial charge in [-0.15, -0.1) is 0 Å². The minimum atomic E-state index is -0.566. The minimum Gasteiger partial charge on any atom is -0.368 e. The number of anilines is 1. The lowest BCUT2D eigenvalue weighted by molar-refractivity contribution is 0.0742. The highest BCUT2D eigenvalue weighted by atomic mass is 35.5. The highest BCUT2D eigenvalue weighted by molar-refractivity contribution is 6.33. The summed E-state index contributed by atoms with van der Waals surface area (Å²) in [7, 11) is 0. The van der Waals surface area contributed by atoms with Gasteiger partial charge in [0.2, 0.25) is 0 Å². The molecular formula is C19H20ClFN2O. The number of piperazine rings is 1. The number of amides is 1. The number of halogens is 2. The first kappa shape index (κ1) is 16.8. The van der Waals surface area contributed by atoms with Crippen molar-refractivity contribution in [3.63, 3.8) is 0 Å². The molecule has 2 aromatic rings. The van der Waals surface area contributed by atoms with E-state index >= 15 is 0 Å². The summed E-state index contributed by atoms with van der Waals surface area (Å²) < 4.78 is 13.9. The molecule has 126 valence electrons. The van der Waals surface area contributed by atoms with Gasteiger partial charge in [0, 0.05) is 31.9 Å². The Kier molecular flexibility index (Phi) is 4.76. The third kappa shape index (κ3) is 3.39. The quantitative estimate of drug-likeness (QED) is 0.818. The Hall–Kier alpha value is -2.07. The van der Waals surface area contributed by atoms with Crippen molar-refractivity contribution in [2.24, 2.45) is 0 Å². The number of nitrogens with zero attached hydrogens (tertiary/aromatic N) is 2. The number of carbonyl (C=O) groups is 1. The molecule has 0 aliphatic carbocycles. The summed E-state index contributed by atoms with van der Waals surface area (Å²) in [5, 5.41) is 0.164. The van der Waals surface area contributed by atoms with E-state index in [1.165, 1.54) is 28.9 Å². The van der Waals surface area contributed by atoms with E-state index in [0.29, 0.717) is 13.1 Å². The molecule has 24 heavy (non-hydrogen) atoms. The average Bonchev–Trinajstić information content (AvgIpc) is 2.54. The summed E-state index contributed by atoms with van der Waals surface area (Å²) in [6.45, 7) is 6.71. The van der Waals surface area contributed by atoms with Gasteiger partial charge in [0.15, 0.2) is 0 Å². The van der Waals surface area contributed by atoms with Crippen LogP contribution in [0.1, 0.15) is 21.5 Å². The summed E-state index contributed by atoms with van der Waals surface area (Å²) >= 11 is 6.01. The Morgan fingerprint density at radius 3 is 2.25 bits per heavy atom. The van der Waals surface area contributed by atoms with Gasteiger partial charge in [-0.1, -0.05) is 23.7 Å². The monoisotopic (exact) mass is 346 g/mol. The molecular weight excluding hydrogens is 327 g/mol. The Bertz CT molecular complexity index is 729. The van der Waals surface area contributed by atoms with Crippen LogP contribution in [0.15, 0.2) is 36.4 Å². The molecule has 1 heterocycles. The van der Waals surface area contributed by atoms with Crippen LogP contribution in [0.4, 0.5) is 10.1 Å². The molecule has 0 atom stereocenters. The van der Waals surface area contributed by atoms with E-state index in [0.717, 1.165) is 13.1 Å². The lowest BCUT2D eigenvalue weighted by Gasteiger charge is -2.36. The maximum atomic E-state index is 13.9. The first-order valence-corrected chi connectivity index (χ1v) is 8.40. The standard InChI is InChI=1S/C19H20ClFN2O/c1-13-10-14(2)12-15(11-13)22-6-8-23(9-7-22)19(24)18-16(20)4-3-5-17(18)21/h3-5,10-12H,6-9H2,1-2H3. The van der Waals surface area contributed by atoms with E-state index in [4.69, 9.17) is 11.6 Å². The van der Waals surface area contributed by atoms with Gasteiger partial charge in [0.25, 0.3) is 5.91 Å². The molecule has 0 aromatic heterocycles. The summed E-state index contributed by atoms with van der Waals surface area (Å²) in [6.07, 6.45) is 0. The van der Waals surface area contributed by atoms with Crippen molar-refractivity contribution in [2.75, 3.05) is 31.1 Å². The number of benzene rings is 2.